The topological polar surface area (TPSA) is 58.9 Å². The zero-order chi connectivity index (χ0) is 10.5. The summed E-state index contributed by atoms with van der Waals surface area (Å²) in [5.41, 5.74) is 0.0908. The van der Waals surface area contributed by atoms with Crippen LogP contribution in [0, 0.1) is 0 Å². The van der Waals surface area contributed by atoms with Gasteiger partial charge < -0.3 is 19.7 Å². The average Bonchev–Trinajstić information content (AvgIpc) is 2.50. The van der Waals surface area contributed by atoms with Gasteiger partial charge in [-0.15, -0.1) is 0 Å². The molecule has 1 saturated heterocycles. The molecule has 2 N–H and O–H groups in total. The van der Waals surface area contributed by atoms with Gasteiger partial charge in [-0.1, -0.05) is 0 Å². The highest BCUT2D eigenvalue weighted by molar-refractivity contribution is 5.29. The van der Waals surface area contributed by atoms with Gasteiger partial charge >= 0.3 is 0 Å². The molecule has 3 unspecified atom stereocenters. The van der Waals surface area contributed by atoms with Gasteiger partial charge in [0.05, 0.1) is 6.61 Å². The summed E-state index contributed by atoms with van der Waals surface area (Å²) in [6.07, 6.45) is -2.71. The molecule has 1 aliphatic heterocycles. The summed E-state index contributed by atoms with van der Waals surface area (Å²) in [6, 6.07) is 0. The molecule has 1 heterocycles. The molecule has 0 bridgehead atoms. The van der Waals surface area contributed by atoms with Gasteiger partial charge in [0, 0.05) is 5.57 Å². The van der Waals surface area contributed by atoms with Crippen LogP contribution in [-0.4, -0.2) is 40.9 Å². The fraction of sp³-hybridized carbons (Fsp3) is 0.778. The molecule has 0 spiro atoms. The fourth-order valence-corrected chi connectivity index (χ4v) is 1.93. The zero-order valence-corrected chi connectivity index (χ0v) is 8.03. The van der Waals surface area contributed by atoms with Crippen LogP contribution in [0.4, 0.5) is 4.39 Å². The van der Waals surface area contributed by atoms with E-state index in [0.717, 1.165) is 0 Å². The Kier molecular flexibility index (Phi) is 2.15. The Hall–Kier alpha value is -0.490. The van der Waals surface area contributed by atoms with Crippen LogP contribution in [-0.2, 0) is 9.47 Å². The van der Waals surface area contributed by atoms with Crippen LogP contribution in [0.15, 0.2) is 11.4 Å². The summed E-state index contributed by atoms with van der Waals surface area (Å²) in [7, 11) is 0. The van der Waals surface area contributed by atoms with Crippen LogP contribution in [0.25, 0.3) is 0 Å². The van der Waals surface area contributed by atoms with Crippen LogP contribution in [0.1, 0.15) is 13.8 Å². The predicted octanol–water partition coefficient (Wildman–Crippen LogP) is 0.0969. The van der Waals surface area contributed by atoms with Gasteiger partial charge in [0.15, 0.2) is 5.79 Å². The summed E-state index contributed by atoms with van der Waals surface area (Å²) >= 11 is 0. The van der Waals surface area contributed by atoms with E-state index in [-0.39, 0.29) is 5.57 Å². The van der Waals surface area contributed by atoms with Gasteiger partial charge in [-0.05, 0) is 13.8 Å². The first-order valence-electron chi connectivity index (χ1n) is 4.49. The molecule has 14 heavy (non-hydrogen) atoms. The minimum absolute atomic E-state index is 0.0908. The van der Waals surface area contributed by atoms with Crippen LogP contribution < -0.4 is 0 Å². The van der Waals surface area contributed by atoms with E-state index in [1.807, 2.05) is 0 Å². The molecule has 0 radical (unpaired) electrons. The lowest BCUT2D eigenvalue weighted by atomic mass is 10.1. The van der Waals surface area contributed by atoms with Crippen LogP contribution in [0.2, 0.25) is 0 Å². The van der Waals surface area contributed by atoms with Gasteiger partial charge in [-0.25, -0.2) is 4.39 Å². The van der Waals surface area contributed by atoms with Gasteiger partial charge in [-0.2, -0.15) is 0 Å². The van der Waals surface area contributed by atoms with E-state index < -0.39 is 36.5 Å². The first-order chi connectivity index (χ1) is 6.46. The fourth-order valence-electron chi connectivity index (χ4n) is 1.93. The van der Waals surface area contributed by atoms with Crippen LogP contribution in [0.3, 0.4) is 0 Å². The number of ether oxygens (including phenoxy) is 2. The SMILES string of the molecule is CC1(C)OC2C(CO)=C(F)C(O)C2O1. The largest absolute Gasteiger partial charge is 0.392 e. The van der Waals surface area contributed by atoms with Crippen molar-refractivity contribution in [3.63, 3.8) is 0 Å². The summed E-state index contributed by atoms with van der Waals surface area (Å²) in [5, 5.41) is 18.4. The monoisotopic (exact) mass is 204 g/mol. The second-order valence-corrected chi connectivity index (χ2v) is 4.00. The second-order valence-electron chi connectivity index (χ2n) is 4.00. The van der Waals surface area contributed by atoms with Crippen molar-refractivity contribution >= 4 is 0 Å². The number of hydrogen-bond donors (Lipinski definition) is 2. The van der Waals surface area contributed by atoms with E-state index >= 15 is 0 Å². The zero-order valence-electron chi connectivity index (χ0n) is 8.03. The van der Waals surface area contributed by atoms with Crippen molar-refractivity contribution in [2.45, 2.75) is 37.9 Å². The lowest BCUT2D eigenvalue weighted by Gasteiger charge is -2.19. The van der Waals surface area contributed by atoms with Crippen molar-refractivity contribution in [1.82, 2.24) is 0 Å². The Morgan fingerprint density at radius 3 is 2.64 bits per heavy atom. The first kappa shape index (κ1) is 10.0. The van der Waals surface area contributed by atoms with Gasteiger partial charge in [0.25, 0.3) is 0 Å². The number of fused-ring (bicyclic) bond motifs is 1. The number of rotatable bonds is 1. The van der Waals surface area contributed by atoms with Gasteiger partial charge in [0.1, 0.15) is 24.1 Å². The molecule has 2 rings (SSSR count). The molecule has 0 amide bonds. The molecule has 0 aromatic rings. The lowest BCUT2D eigenvalue weighted by Crippen LogP contribution is -2.30. The highest BCUT2D eigenvalue weighted by Gasteiger charge is 2.53. The highest BCUT2D eigenvalue weighted by Crippen LogP contribution is 2.41. The van der Waals surface area contributed by atoms with Gasteiger partial charge in [-0.3, -0.25) is 0 Å². The molecular formula is C9H13FO4. The van der Waals surface area contributed by atoms with Crippen molar-refractivity contribution in [2.24, 2.45) is 0 Å². The summed E-state index contributed by atoms with van der Waals surface area (Å²) in [6.45, 7) is 2.92. The van der Waals surface area contributed by atoms with Crippen molar-refractivity contribution in [1.29, 1.82) is 0 Å². The van der Waals surface area contributed by atoms with E-state index in [1.165, 1.54) is 0 Å². The Morgan fingerprint density at radius 2 is 2.07 bits per heavy atom. The van der Waals surface area contributed by atoms with E-state index in [0.29, 0.717) is 0 Å². The van der Waals surface area contributed by atoms with Crippen molar-refractivity contribution in [3.8, 4) is 0 Å². The first-order valence-corrected chi connectivity index (χ1v) is 4.49. The minimum Gasteiger partial charge on any atom is -0.392 e. The predicted molar refractivity (Wildman–Crippen MR) is 45.1 cm³/mol. The quantitative estimate of drug-likeness (QED) is 0.636. The molecule has 0 aromatic heterocycles. The molecule has 4 nitrogen and oxygen atoms in total. The van der Waals surface area contributed by atoms with Crippen molar-refractivity contribution in [2.75, 3.05) is 6.61 Å². The normalized spacial score (nSPS) is 40.5. The third kappa shape index (κ3) is 1.28. The standard InChI is InChI=1S/C9H13FO4/c1-9(2)13-7-4(3-11)5(10)6(12)8(7)14-9/h6-8,11-12H,3H2,1-2H3. The Labute approximate surface area is 80.9 Å². The smallest absolute Gasteiger partial charge is 0.164 e. The molecule has 1 fully saturated rings. The van der Waals surface area contributed by atoms with Gasteiger partial charge in [0.2, 0.25) is 0 Å². The summed E-state index contributed by atoms with van der Waals surface area (Å²) < 4.78 is 24.0. The van der Waals surface area contributed by atoms with E-state index in [9.17, 15) is 9.50 Å². The molecular weight excluding hydrogens is 191 g/mol. The van der Waals surface area contributed by atoms with Crippen molar-refractivity contribution in [3.05, 3.63) is 11.4 Å². The third-order valence-corrected chi connectivity index (χ3v) is 2.52. The van der Waals surface area contributed by atoms with E-state index in [4.69, 9.17) is 14.6 Å². The lowest BCUT2D eigenvalue weighted by molar-refractivity contribution is -0.155. The number of halogens is 1. The average molecular weight is 204 g/mol. The Morgan fingerprint density at radius 1 is 1.43 bits per heavy atom. The van der Waals surface area contributed by atoms with E-state index in [1.54, 1.807) is 13.8 Å². The molecule has 0 saturated carbocycles. The molecule has 3 atom stereocenters. The summed E-state index contributed by atoms with van der Waals surface area (Å²) in [5.74, 6) is -1.56. The molecule has 0 aromatic carbocycles. The van der Waals surface area contributed by atoms with Crippen molar-refractivity contribution < 1.29 is 24.1 Å². The molecule has 5 heteroatoms. The minimum atomic E-state index is -1.32. The molecule has 1 aliphatic carbocycles. The highest BCUT2D eigenvalue weighted by atomic mass is 19.1. The third-order valence-electron chi connectivity index (χ3n) is 2.52. The maximum atomic E-state index is 13.3. The summed E-state index contributed by atoms with van der Waals surface area (Å²) in [4.78, 5) is 0. The Balaban J connectivity index is 2.28. The second kappa shape index (κ2) is 3.00. The maximum Gasteiger partial charge on any atom is 0.164 e. The van der Waals surface area contributed by atoms with Crippen LogP contribution in [0.5, 0.6) is 0 Å². The number of aliphatic hydroxyl groups excluding tert-OH is 2. The number of aliphatic hydroxyl groups is 2. The Bertz CT molecular complexity index is 287. The maximum absolute atomic E-state index is 13.3. The molecule has 80 valence electrons. The van der Waals surface area contributed by atoms with Crippen LogP contribution >= 0.6 is 0 Å². The molecule has 2 aliphatic rings. The number of hydrogen-bond acceptors (Lipinski definition) is 4. The van der Waals surface area contributed by atoms with E-state index in [2.05, 4.69) is 0 Å².